The molecule has 5 nitrogen and oxygen atoms in total. The number of hydrogen-bond acceptors (Lipinski definition) is 3. The summed E-state index contributed by atoms with van der Waals surface area (Å²) in [5.74, 6) is 0.478. The van der Waals surface area contributed by atoms with Gasteiger partial charge in [-0.2, -0.15) is 5.10 Å². The maximum atomic E-state index is 12.1. The molecule has 1 saturated carbocycles. The summed E-state index contributed by atoms with van der Waals surface area (Å²) in [7, 11) is 1.74. The Morgan fingerprint density at radius 1 is 1.56 bits per heavy atom. The van der Waals surface area contributed by atoms with E-state index in [1.807, 2.05) is 6.92 Å². The largest absolute Gasteiger partial charge is 0.395 e. The van der Waals surface area contributed by atoms with Crippen molar-refractivity contribution in [2.24, 2.45) is 18.4 Å². The van der Waals surface area contributed by atoms with Gasteiger partial charge in [0.05, 0.1) is 11.4 Å². The minimum Gasteiger partial charge on any atom is -0.395 e. The molecule has 0 spiro atoms. The first-order chi connectivity index (χ1) is 8.37. The van der Waals surface area contributed by atoms with Gasteiger partial charge in [0, 0.05) is 13.6 Å². The summed E-state index contributed by atoms with van der Waals surface area (Å²) in [5, 5.41) is 7.16. The monoisotopic (exact) mass is 250 g/mol. The second kappa shape index (κ2) is 4.30. The molecule has 1 aliphatic carbocycles. The first-order valence-corrected chi connectivity index (χ1v) is 6.44. The van der Waals surface area contributed by atoms with Crippen molar-refractivity contribution in [3.05, 3.63) is 11.4 Å². The number of aryl methyl sites for hydroxylation is 2. The van der Waals surface area contributed by atoms with E-state index < -0.39 is 0 Å². The maximum absolute atomic E-state index is 12.1. The van der Waals surface area contributed by atoms with Crippen molar-refractivity contribution in [3.63, 3.8) is 0 Å². The summed E-state index contributed by atoms with van der Waals surface area (Å²) in [6, 6.07) is 0. The summed E-state index contributed by atoms with van der Waals surface area (Å²) in [6.45, 7) is 6.96. The number of nitrogen functional groups attached to an aromatic ring is 1. The molecule has 3 N–H and O–H groups in total. The fourth-order valence-electron chi connectivity index (χ4n) is 2.40. The highest BCUT2D eigenvalue weighted by Crippen LogP contribution is 2.51. The highest BCUT2D eigenvalue weighted by atomic mass is 16.2. The lowest BCUT2D eigenvalue weighted by Gasteiger charge is -2.20. The summed E-state index contributed by atoms with van der Waals surface area (Å²) in [5.41, 5.74) is 7.82. The number of aromatic nitrogens is 2. The molecule has 1 amide bonds. The van der Waals surface area contributed by atoms with E-state index in [1.165, 1.54) is 12.8 Å². The van der Waals surface area contributed by atoms with Crippen LogP contribution in [0.1, 0.15) is 42.9 Å². The van der Waals surface area contributed by atoms with Gasteiger partial charge in [-0.25, -0.2) is 0 Å². The van der Waals surface area contributed by atoms with E-state index in [-0.39, 0.29) is 5.91 Å². The van der Waals surface area contributed by atoms with Crippen LogP contribution in [0.4, 0.5) is 5.69 Å². The molecule has 0 saturated heterocycles. The highest BCUT2D eigenvalue weighted by molar-refractivity contribution is 5.97. The Morgan fingerprint density at radius 3 is 2.56 bits per heavy atom. The number of amides is 1. The molecule has 0 radical (unpaired) electrons. The van der Waals surface area contributed by atoms with E-state index in [2.05, 4.69) is 24.3 Å². The van der Waals surface area contributed by atoms with Gasteiger partial charge in [-0.15, -0.1) is 0 Å². The van der Waals surface area contributed by atoms with Crippen LogP contribution in [-0.4, -0.2) is 22.2 Å². The molecule has 1 aliphatic rings. The predicted octanol–water partition coefficient (Wildman–Crippen LogP) is 1.48. The summed E-state index contributed by atoms with van der Waals surface area (Å²) in [4.78, 5) is 12.1. The molecule has 0 aliphatic heterocycles. The Kier molecular flexibility index (Phi) is 3.09. The first-order valence-electron chi connectivity index (χ1n) is 6.44. The zero-order chi connectivity index (χ0) is 13.5. The molecule has 1 heterocycles. The third-order valence-electron chi connectivity index (χ3n) is 4.20. The van der Waals surface area contributed by atoms with Gasteiger partial charge < -0.3 is 11.1 Å². The van der Waals surface area contributed by atoms with Gasteiger partial charge in [0.1, 0.15) is 5.69 Å². The van der Waals surface area contributed by atoms with Crippen molar-refractivity contribution in [1.29, 1.82) is 0 Å². The second-order valence-corrected chi connectivity index (χ2v) is 5.67. The number of carbonyl (C=O) groups excluding carboxylic acids is 1. The molecule has 0 bridgehead atoms. The molecule has 0 atom stereocenters. The van der Waals surface area contributed by atoms with E-state index in [0.717, 1.165) is 6.54 Å². The highest BCUT2D eigenvalue weighted by Gasteiger charge is 2.45. The van der Waals surface area contributed by atoms with Crippen molar-refractivity contribution in [2.75, 3.05) is 12.3 Å². The normalized spacial score (nSPS) is 16.9. The molecular weight excluding hydrogens is 228 g/mol. The van der Waals surface area contributed by atoms with E-state index in [4.69, 9.17) is 5.73 Å². The minimum atomic E-state index is -0.123. The number of nitrogens with one attached hydrogen (secondary N) is 1. The zero-order valence-corrected chi connectivity index (χ0v) is 11.6. The fourth-order valence-corrected chi connectivity index (χ4v) is 2.40. The lowest BCUT2D eigenvalue weighted by molar-refractivity contribution is 0.0931. The molecule has 1 aromatic heterocycles. The molecule has 5 heteroatoms. The lowest BCUT2D eigenvalue weighted by atomic mass is 9.92. The van der Waals surface area contributed by atoms with E-state index in [1.54, 1.807) is 11.7 Å². The van der Waals surface area contributed by atoms with Gasteiger partial charge in [-0.05, 0) is 31.1 Å². The minimum absolute atomic E-state index is 0.123. The molecule has 1 fully saturated rings. The van der Waals surface area contributed by atoms with Crippen LogP contribution in [0.5, 0.6) is 0 Å². The Hall–Kier alpha value is -1.52. The Bertz CT molecular complexity index is 472. The van der Waals surface area contributed by atoms with Gasteiger partial charge in [-0.3, -0.25) is 9.48 Å². The SMILES string of the molecule is Cc1nn(C)c(C(=O)NCC2(C(C)C)CC2)c1N. The Morgan fingerprint density at radius 2 is 2.17 bits per heavy atom. The molecule has 0 unspecified atom stereocenters. The maximum Gasteiger partial charge on any atom is 0.271 e. The van der Waals surface area contributed by atoms with Crippen LogP contribution < -0.4 is 11.1 Å². The number of carbonyl (C=O) groups is 1. The topological polar surface area (TPSA) is 72.9 Å². The number of hydrogen-bond donors (Lipinski definition) is 2. The van der Waals surface area contributed by atoms with Crippen molar-refractivity contribution in [2.45, 2.75) is 33.6 Å². The molecule has 1 aromatic rings. The molecular formula is C13H22N4O. The number of anilines is 1. The quantitative estimate of drug-likeness (QED) is 0.850. The molecule has 18 heavy (non-hydrogen) atoms. The summed E-state index contributed by atoms with van der Waals surface area (Å²) >= 11 is 0. The van der Waals surface area contributed by atoms with E-state index >= 15 is 0 Å². The van der Waals surface area contributed by atoms with Crippen LogP contribution in [0.2, 0.25) is 0 Å². The average molecular weight is 250 g/mol. The average Bonchev–Trinajstić information content (AvgIpc) is 3.02. The third-order valence-corrected chi connectivity index (χ3v) is 4.20. The van der Waals surface area contributed by atoms with Crippen molar-refractivity contribution >= 4 is 11.6 Å². The van der Waals surface area contributed by atoms with Crippen molar-refractivity contribution in [3.8, 4) is 0 Å². The third kappa shape index (κ3) is 2.09. The van der Waals surface area contributed by atoms with E-state index in [0.29, 0.717) is 28.4 Å². The standard InChI is InChI=1S/C13H22N4O/c1-8(2)13(5-6-13)7-15-12(18)11-10(14)9(3)16-17(11)4/h8H,5-7,14H2,1-4H3,(H,15,18). The smallest absolute Gasteiger partial charge is 0.271 e. The van der Waals surface area contributed by atoms with Crippen LogP contribution in [0, 0.1) is 18.3 Å². The van der Waals surface area contributed by atoms with Crippen LogP contribution in [0.15, 0.2) is 0 Å². The Balaban J connectivity index is 2.05. The number of nitrogens with zero attached hydrogens (tertiary/aromatic N) is 2. The second-order valence-electron chi connectivity index (χ2n) is 5.67. The van der Waals surface area contributed by atoms with Crippen LogP contribution in [0.3, 0.4) is 0 Å². The Labute approximate surface area is 108 Å². The summed E-state index contributed by atoms with van der Waals surface area (Å²) in [6.07, 6.45) is 2.40. The molecule has 100 valence electrons. The van der Waals surface area contributed by atoms with Crippen molar-refractivity contribution < 1.29 is 4.79 Å². The lowest BCUT2D eigenvalue weighted by Crippen LogP contribution is -2.34. The predicted molar refractivity (Wildman–Crippen MR) is 71.2 cm³/mol. The van der Waals surface area contributed by atoms with Gasteiger partial charge in [0.2, 0.25) is 0 Å². The molecule has 2 rings (SSSR count). The van der Waals surface area contributed by atoms with Crippen LogP contribution >= 0.6 is 0 Å². The zero-order valence-electron chi connectivity index (χ0n) is 11.6. The van der Waals surface area contributed by atoms with Gasteiger partial charge in [-0.1, -0.05) is 13.8 Å². The number of nitrogens with two attached hydrogens (primary N) is 1. The van der Waals surface area contributed by atoms with Crippen LogP contribution in [-0.2, 0) is 7.05 Å². The fraction of sp³-hybridized carbons (Fsp3) is 0.692. The van der Waals surface area contributed by atoms with Crippen molar-refractivity contribution in [1.82, 2.24) is 15.1 Å². The van der Waals surface area contributed by atoms with Gasteiger partial charge >= 0.3 is 0 Å². The van der Waals surface area contributed by atoms with Gasteiger partial charge in [0.25, 0.3) is 5.91 Å². The van der Waals surface area contributed by atoms with E-state index in [9.17, 15) is 4.79 Å². The number of rotatable bonds is 4. The first kappa shape index (κ1) is 12.9. The van der Waals surface area contributed by atoms with Gasteiger partial charge in [0.15, 0.2) is 0 Å². The summed E-state index contributed by atoms with van der Waals surface area (Å²) < 4.78 is 1.55. The molecule has 0 aromatic carbocycles. The van der Waals surface area contributed by atoms with Crippen LogP contribution in [0.25, 0.3) is 0 Å².